The molecule has 4 atom stereocenters. The summed E-state index contributed by atoms with van der Waals surface area (Å²) in [6.45, 7) is 1.66. The number of carboxylic acid groups (broad SMARTS) is 1. The fourth-order valence-corrected chi connectivity index (χ4v) is 3.86. The van der Waals surface area contributed by atoms with Crippen molar-refractivity contribution in [1.29, 1.82) is 0 Å². The number of hydrogen-bond acceptors (Lipinski definition) is 5. The van der Waals surface area contributed by atoms with E-state index < -0.39 is 11.5 Å². The molecule has 0 aromatic carbocycles. The molecule has 4 unspecified atom stereocenters. The number of carboxylic acids is 1. The molecule has 0 aromatic heterocycles. The van der Waals surface area contributed by atoms with Crippen LogP contribution in [0.1, 0.15) is 32.1 Å². The van der Waals surface area contributed by atoms with Crippen LogP contribution in [0, 0.1) is 0 Å². The Balaban J connectivity index is 1.64. The molecule has 3 rings (SSSR count). The molecule has 3 aliphatic rings. The van der Waals surface area contributed by atoms with E-state index in [1.807, 2.05) is 0 Å². The van der Waals surface area contributed by atoms with Crippen molar-refractivity contribution in [2.45, 2.75) is 61.9 Å². The van der Waals surface area contributed by atoms with Crippen LogP contribution in [0.2, 0.25) is 0 Å². The molecule has 21 heavy (non-hydrogen) atoms. The summed E-state index contributed by atoms with van der Waals surface area (Å²) < 4.78 is 11.0. The Hall–Kier alpha value is -0.690. The number of ether oxygens (including phenoxy) is 2. The monoisotopic (exact) mass is 298 g/mol. The Labute approximate surface area is 125 Å². The van der Waals surface area contributed by atoms with Crippen LogP contribution in [0.25, 0.3) is 0 Å². The summed E-state index contributed by atoms with van der Waals surface area (Å²) in [6.07, 6.45) is 4.74. The van der Waals surface area contributed by atoms with Gasteiger partial charge in [0.25, 0.3) is 0 Å². The predicted molar refractivity (Wildman–Crippen MR) is 77.3 cm³/mol. The van der Waals surface area contributed by atoms with Crippen molar-refractivity contribution >= 4 is 5.97 Å². The minimum atomic E-state index is -0.723. The Bertz CT molecular complexity index is 389. The average molecular weight is 298 g/mol. The van der Waals surface area contributed by atoms with Crippen molar-refractivity contribution in [3.05, 3.63) is 0 Å². The van der Waals surface area contributed by atoms with Gasteiger partial charge in [0.2, 0.25) is 0 Å². The van der Waals surface area contributed by atoms with Gasteiger partial charge in [-0.25, -0.2) is 0 Å². The quantitative estimate of drug-likeness (QED) is 0.742. The molecule has 1 aliphatic heterocycles. The zero-order valence-electron chi connectivity index (χ0n) is 12.9. The highest BCUT2D eigenvalue weighted by Crippen LogP contribution is 2.38. The van der Waals surface area contributed by atoms with Gasteiger partial charge < -0.3 is 14.6 Å². The van der Waals surface area contributed by atoms with Gasteiger partial charge in [-0.1, -0.05) is 0 Å². The Morgan fingerprint density at radius 1 is 1.19 bits per heavy atom. The molecule has 0 aromatic rings. The molecule has 0 radical (unpaired) electrons. The number of aliphatic carboxylic acids is 1. The van der Waals surface area contributed by atoms with Crippen molar-refractivity contribution < 1.29 is 19.4 Å². The van der Waals surface area contributed by atoms with Crippen LogP contribution >= 0.6 is 0 Å². The maximum atomic E-state index is 11.8. The zero-order chi connectivity index (χ0) is 15.0. The average Bonchev–Trinajstić information content (AvgIpc) is 3.02. The van der Waals surface area contributed by atoms with E-state index in [1.165, 1.54) is 0 Å². The lowest BCUT2D eigenvalue weighted by molar-refractivity contribution is -0.145. The SMILES string of the molecule is COC1CN(C2CCC(NC3CC3)(C(=O)O)C2)CC1OC. The van der Waals surface area contributed by atoms with Crippen molar-refractivity contribution in [1.82, 2.24) is 10.2 Å². The molecule has 120 valence electrons. The highest BCUT2D eigenvalue weighted by atomic mass is 16.5. The first-order valence-corrected chi connectivity index (χ1v) is 7.88. The van der Waals surface area contributed by atoms with Gasteiger partial charge in [-0.2, -0.15) is 0 Å². The van der Waals surface area contributed by atoms with Gasteiger partial charge in [-0.3, -0.25) is 15.0 Å². The second-order valence-corrected chi connectivity index (χ2v) is 6.70. The Kier molecular flexibility index (Phi) is 4.23. The third kappa shape index (κ3) is 2.95. The second kappa shape index (κ2) is 5.83. The largest absolute Gasteiger partial charge is 0.480 e. The lowest BCUT2D eigenvalue weighted by Gasteiger charge is -2.28. The topological polar surface area (TPSA) is 71.0 Å². The second-order valence-electron chi connectivity index (χ2n) is 6.70. The fraction of sp³-hybridized carbons (Fsp3) is 0.933. The first kappa shape index (κ1) is 15.2. The molecule has 0 spiro atoms. The summed E-state index contributed by atoms with van der Waals surface area (Å²) in [4.78, 5) is 14.1. The van der Waals surface area contributed by atoms with E-state index in [0.717, 1.165) is 38.8 Å². The summed E-state index contributed by atoms with van der Waals surface area (Å²) in [7, 11) is 3.43. The Morgan fingerprint density at radius 2 is 1.81 bits per heavy atom. The molecule has 2 N–H and O–H groups in total. The molecule has 1 heterocycles. The number of rotatable bonds is 6. The van der Waals surface area contributed by atoms with E-state index in [1.54, 1.807) is 14.2 Å². The normalized spacial score (nSPS) is 40.8. The van der Waals surface area contributed by atoms with Crippen molar-refractivity contribution in [3.63, 3.8) is 0 Å². The summed E-state index contributed by atoms with van der Waals surface area (Å²) >= 11 is 0. The lowest BCUT2D eigenvalue weighted by atomic mass is 9.97. The van der Waals surface area contributed by atoms with Gasteiger partial charge in [0, 0.05) is 39.4 Å². The predicted octanol–water partition coefficient (Wildman–Crippen LogP) is 0.460. The molecule has 2 saturated carbocycles. The first-order valence-electron chi connectivity index (χ1n) is 7.88. The number of nitrogens with zero attached hydrogens (tertiary/aromatic N) is 1. The third-order valence-corrected chi connectivity index (χ3v) is 5.32. The highest BCUT2D eigenvalue weighted by molar-refractivity contribution is 5.79. The summed E-state index contributed by atoms with van der Waals surface area (Å²) in [5, 5.41) is 13.0. The van der Waals surface area contributed by atoms with Crippen LogP contribution < -0.4 is 5.32 Å². The molecular formula is C15H26N2O4. The van der Waals surface area contributed by atoms with E-state index in [-0.39, 0.29) is 12.2 Å². The zero-order valence-corrected chi connectivity index (χ0v) is 12.9. The van der Waals surface area contributed by atoms with Crippen molar-refractivity contribution in [3.8, 4) is 0 Å². The summed E-state index contributed by atoms with van der Waals surface area (Å²) in [5.41, 5.74) is -0.723. The standard InChI is InChI=1S/C15H26N2O4/c1-20-12-8-17(9-13(12)21-2)11-5-6-15(7-11,14(18)19)16-10-3-4-10/h10-13,16H,3-9H2,1-2H3,(H,18,19). The lowest BCUT2D eigenvalue weighted by Crippen LogP contribution is -2.52. The molecule has 3 fully saturated rings. The highest BCUT2D eigenvalue weighted by Gasteiger charge is 2.50. The molecule has 0 amide bonds. The Morgan fingerprint density at radius 3 is 2.29 bits per heavy atom. The van der Waals surface area contributed by atoms with Crippen LogP contribution in [-0.4, -0.2) is 73.1 Å². The van der Waals surface area contributed by atoms with Crippen molar-refractivity contribution in [2.24, 2.45) is 0 Å². The molecule has 6 nitrogen and oxygen atoms in total. The smallest absolute Gasteiger partial charge is 0.323 e. The van der Waals surface area contributed by atoms with E-state index in [4.69, 9.17) is 9.47 Å². The van der Waals surface area contributed by atoms with Gasteiger partial charge in [0.05, 0.1) is 12.2 Å². The number of carbonyl (C=O) groups is 1. The van der Waals surface area contributed by atoms with Crippen LogP contribution in [0.4, 0.5) is 0 Å². The van der Waals surface area contributed by atoms with Crippen molar-refractivity contribution in [2.75, 3.05) is 27.3 Å². The molecule has 0 bridgehead atoms. The van der Waals surface area contributed by atoms with E-state index >= 15 is 0 Å². The van der Waals surface area contributed by atoms with Gasteiger partial charge in [0.1, 0.15) is 5.54 Å². The minimum absolute atomic E-state index is 0.0891. The van der Waals surface area contributed by atoms with E-state index in [9.17, 15) is 9.90 Å². The maximum Gasteiger partial charge on any atom is 0.323 e. The number of hydrogen-bond donors (Lipinski definition) is 2. The molecule has 2 aliphatic carbocycles. The van der Waals surface area contributed by atoms with Gasteiger partial charge in [-0.15, -0.1) is 0 Å². The molecular weight excluding hydrogens is 272 g/mol. The summed E-state index contributed by atoms with van der Waals surface area (Å²) in [5.74, 6) is -0.692. The molecule has 1 saturated heterocycles. The first-order chi connectivity index (χ1) is 10.1. The van der Waals surface area contributed by atoms with E-state index in [2.05, 4.69) is 10.2 Å². The van der Waals surface area contributed by atoms with E-state index in [0.29, 0.717) is 18.5 Å². The van der Waals surface area contributed by atoms with Crippen LogP contribution in [0.3, 0.4) is 0 Å². The molecule has 6 heteroatoms. The third-order valence-electron chi connectivity index (χ3n) is 5.32. The van der Waals surface area contributed by atoms with Gasteiger partial charge in [0.15, 0.2) is 0 Å². The van der Waals surface area contributed by atoms with Crippen LogP contribution in [0.5, 0.6) is 0 Å². The van der Waals surface area contributed by atoms with Crippen LogP contribution in [-0.2, 0) is 14.3 Å². The maximum absolute atomic E-state index is 11.8. The minimum Gasteiger partial charge on any atom is -0.480 e. The number of likely N-dealkylation sites (tertiary alicyclic amines) is 1. The fourth-order valence-electron chi connectivity index (χ4n) is 3.86. The summed E-state index contributed by atoms with van der Waals surface area (Å²) in [6, 6.07) is 0.724. The number of methoxy groups -OCH3 is 2. The van der Waals surface area contributed by atoms with Gasteiger partial charge in [-0.05, 0) is 32.1 Å². The van der Waals surface area contributed by atoms with Crippen LogP contribution in [0.15, 0.2) is 0 Å². The number of nitrogens with one attached hydrogen (secondary N) is 1. The van der Waals surface area contributed by atoms with Gasteiger partial charge >= 0.3 is 5.97 Å².